The van der Waals surface area contributed by atoms with Gasteiger partial charge < -0.3 is 34.6 Å². The van der Waals surface area contributed by atoms with E-state index >= 15 is 0 Å². The van der Waals surface area contributed by atoms with Crippen molar-refractivity contribution in [2.75, 3.05) is 54.8 Å². The number of carbonyl (C=O) groups excluding carboxylic acids is 2. The van der Waals surface area contributed by atoms with Crippen LogP contribution in [0.2, 0.25) is 5.02 Å². The maximum atomic E-state index is 13.7. The lowest BCUT2D eigenvalue weighted by atomic mass is 10.2. The monoisotopic (exact) mass is 930 g/mol. The maximum absolute atomic E-state index is 13.7. The molecule has 0 saturated carbocycles. The summed E-state index contributed by atoms with van der Waals surface area (Å²) in [4.78, 5) is 93.2. The second kappa shape index (κ2) is 20.2. The first-order chi connectivity index (χ1) is 28.2. The highest BCUT2D eigenvalue weighted by Gasteiger charge is 2.38. The van der Waals surface area contributed by atoms with Crippen LogP contribution in [0.4, 0.5) is 16.2 Å². The van der Waals surface area contributed by atoms with Crippen molar-refractivity contribution in [2.24, 2.45) is 0 Å². The molecule has 19 nitrogen and oxygen atoms in total. The Morgan fingerprint density at radius 3 is 1.88 bits per heavy atom. The third kappa shape index (κ3) is 10.9. The number of carboxylic acids is 3. The third-order valence-electron chi connectivity index (χ3n) is 9.28. The van der Waals surface area contributed by atoms with Crippen molar-refractivity contribution in [1.29, 1.82) is 0 Å². The highest BCUT2D eigenvalue weighted by molar-refractivity contribution is 8.23. The molecule has 0 unspecified atom stereocenters. The number of quaternary nitrogens is 1. The molecule has 5 rings (SSSR count). The Balaban J connectivity index is 0.00000104. The minimum atomic E-state index is -4.53. The van der Waals surface area contributed by atoms with Crippen LogP contribution in [0.25, 0.3) is 11.0 Å². The van der Waals surface area contributed by atoms with Crippen molar-refractivity contribution < 1.29 is 57.2 Å². The lowest BCUT2D eigenvalue weighted by Gasteiger charge is -2.24. The fourth-order valence-electron chi connectivity index (χ4n) is 6.30. The number of halogens is 1. The fraction of sp³-hybridized carbons (Fsp3) is 0.417. The molecule has 2 aliphatic rings. The molecular formula is C36H43ClN6O13S4. The smallest absolute Gasteiger partial charge is 0.323 e. The second-order valence-corrected chi connectivity index (χ2v) is 18.1. The molecule has 4 heterocycles. The molecule has 24 heteroatoms. The zero-order valence-corrected chi connectivity index (χ0v) is 37.1. The number of nitrogens with zero attached hydrogens (tertiary/aromatic N) is 5. The van der Waals surface area contributed by atoms with Gasteiger partial charge in [-0.2, -0.15) is 0 Å². The summed E-state index contributed by atoms with van der Waals surface area (Å²) in [5.74, 6) is -5.74. The highest BCUT2D eigenvalue weighted by Crippen LogP contribution is 2.44. The summed E-state index contributed by atoms with van der Waals surface area (Å²) in [7, 11) is -4.53. The number of hydrogen-bond acceptors (Lipinski definition) is 15. The van der Waals surface area contributed by atoms with Crippen molar-refractivity contribution >= 4 is 108 Å². The standard InChI is InChI=1S/C30H28ClN5O13S4.C6H15N/c1-3-32-17-10-15(31)14(2)9-16(17)33(7-4-8-53(47,48)49)19(32)6-5-18-25(43)34(11-20(37)38)28(50-18)23-26(44)35(12-21(39)40)29(51-23)24-27(45)36(13-22(41)42)30(46)52-24;1-4-7(5-2)6-3/h5-6,9-10H,3-4,7-8,11-13H2,1-2H3,(H,37,38)(H,39,40)(H,41,42)(H,47,48,49);4-6H2,1-3H3/b18-5?,19-6?,28-23+,29-24+;. The largest absolute Gasteiger partial charge is 0.748 e. The minimum Gasteiger partial charge on any atom is -0.748 e. The number of aromatic nitrogens is 2. The van der Waals surface area contributed by atoms with Crippen LogP contribution in [0.5, 0.6) is 0 Å². The van der Waals surface area contributed by atoms with Crippen molar-refractivity contribution in [3.05, 3.63) is 73.7 Å². The van der Waals surface area contributed by atoms with Gasteiger partial charge in [-0.15, -0.1) is 22.7 Å². The van der Waals surface area contributed by atoms with E-state index in [2.05, 4.69) is 20.8 Å². The van der Waals surface area contributed by atoms with E-state index in [1.807, 2.05) is 11.8 Å². The Kier molecular flexibility index (Phi) is 16.1. The molecule has 60 heavy (non-hydrogen) atoms. The van der Waals surface area contributed by atoms with Gasteiger partial charge in [0, 0.05) is 23.9 Å². The predicted molar refractivity (Wildman–Crippen MR) is 226 cm³/mol. The van der Waals surface area contributed by atoms with Gasteiger partial charge in [-0.05, 0) is 82.6 Å². The quantitative estimate of drug-likeness (QED) is 0.149. The van der Waals surface area contributed by atoms with Crippen molar-refractivity contribution in [2.45, 2.75) is 54.1 Å². The fourth-order valence-corrected chi connectivity index (χ4v) is 10.3. The zero-order chi connectivity index (χ0) is 44.8. The van der Waals surface area contributed by atoms with Gasteiger partial charge in [0.05, 0.1) is 45.7 Å². The van der Waals surface area contributed by atoms with Gasteiger partial charge in [0.15, 0.2) is 0 Å². The van der Waals surface area contributed by atoms with Crippen LogP contribution in [0, 0.1) is 16.1 Å². The summed E-state index contributed by atoms with van der Waals surface area (Å²) in [6, 6.07) is 3.50. The van der Waals surface area contributed by atoms with Gasteiger partial charge >= 0.3 is 17.9 Å². The molecule has 1 saturated heterocycles. The molecular weight excluding hydrogens is 888 g/mol. The van der Waals surface area contributed by atoms with E-state index in [-0.39, 0.29) is 31.4 Å². The Morgan fingerprint density at radius 1 is 0.800 bits per heavy atom. The van der Waals surface area contributed by atoms with Gasteiger partial charge in [-0.3, -0.25) is 47.6 Å². The van der Waals surface area contributed by atoms with Crippen LogP contribution in [-0.2, 0) is 42.4 Å². The van der Waals surface area contributed by atoms with Crippen LogP contribution in [0.3, 0.4) is 0 Å². The van der Waals surface area contributed by atoms with E-state index in [1.165, 1.54) is 31.8 Å². The summed E-state index contributed by atoms with van der Waals surface area (Å²) in [6.07, 6.45) is 2.84. The summed E-state index contributed by atoms with van der Waals surface area (Å²) in [5.41, 5.74) is 0.162. The first-order valence-corrected chi connectivity index (χ1v) is 22.8. The van der Waals surface area contributed by atoms with Crippen LogP contribution in [0.1, 0.15) is 39.7 Å². The number of carbonyl (C=O) groups is 5. The van der Waals surface area contributed by atoms with Gasteiger partial charge in [0.2, 0.25) is 0 Å². The molecule has 3 aromatic rings. The lowest BCUT2D eigenvalue weighted by Crippen LogP contribution is -3.11. The molecule has 2 aromatic heterocycles. The number of imide groups is 1. The minimum absolute atomic E-state index is 0.0425. The lowest BCUT2D eigenvalue weighted by molar-refractivity contribution is -0.894. The number of allylic oxidation sites excluding steroid dienone is 1. The molecule has 0 aliphatic carbocycles. The summed E-state index contributed by atoms with van der Waals surface area (Å²) in [5, 5.41) is 27.9. The van der Waals surface area contributed by atoms with E-state index in [9.17, 15) is 56.7 Å². The number of carboxylic acid groups (broad SMARTS) is 3. The third-order valence-corrected chi connectivity index (χ3v) is 14.0. The number of hydrogen-bond donors (Lipinski definition) is 4. The van der Waals surface area contributed by atoms with Gasteiger partial charge in [0.1, 0.15) is 44.2 Å². The number of benzene rings is 1. The van der Waals surface area contributed by atoms with E-state index in [0.717, 1.165) is 4.57 Å². The van der Waals surface area contributed by atoms with E-state index in [0.29, 0.717) is 78.2 Å². The van der Waals surface area contributed by atoms with Gasteiger partial charge in [-0.1, -0.05) is 11.6 Å². The highest BCUT2D eigenvalue weighted by atomic mass is 35.5. The van der Waals surface area contributed by atoms with Crippen LogP contribution < -0.4 is 35.0 Å². The maximum Gasteiger partial charge on any atom is 0.323 e. The first-order valence-electron chi connectivity index (χ1n) is 18.4. The Bertz CT molecular complexity index is 2700. The summed E-state index contributed by atoms with van der Waals surface area (Å²) >= 11 is 7.94. The summed E-state index contributed by atoms with van der Waals surface area (Å²) in [6.45, 7) is 11.6. The average Bonchev–Trinajstić information content (AvgIpc) is 3.83. The second-order valence-electron chi connectivity index (χ2n) is 13.2. The topological polar surface area (TPSA) is 261 Å². The van der Waals surface area contributed by atoms with Crippen LogP contribution in [-0.4, -0.2) is 116 Å². The molecule has 0 spiro atoms. The number of aliphatic carboxylic acids is 3. The Labute approximate surface area is 359 Å². The molecule has 1 fully saturated rings. The number of anilines is 2. The first kappa shape index (κ1) is 47.9. The zero-order valence-electron chi connectivity index (χ0n) is 33.1. The number of thiazole rings is 2. The van der Waals surface area contributed by atoms with Crippen LogP contribution >= 0.6 is 46.0 Å². The SMILES string of the molecule is CCN1C(=CC=c2s/c(=c3/s/c(=C4/SC(=O)N(CC(=O)O)C4=O)n(CC(=O)O)c3=O)n(CC(=O)O)c2=O)N(CCCS(=O)(=O)[O-])c2cc(C)c(Cl)cc21.CC[NH+](CC)CC. The molecule has 0 atom stereocenters. The van der Waals surface area contributed by atoms with E-state index in [4.69, 9.17) is 16.7 Å². The van der Waals surface area contributed by atoms with Gasteiger partial charge in [0.25, 0.3) is 22.3 Å². The summed E-state index contributed by atoms with van der Waals surface area (Å²) < 4.78 is 34.7. The number of nitrogens with one attached hydrogen (secondary N) is 1. The molecule has 2 aliphatic heterocycles. The van der Waals surface area contributed by atoms with Crippen LogP contribution in [0.15, 0.2) is 33.6 Å². The van der Waals surface area contributed by atoms with Crippen molar-refractivity contribution in [3.8, 4) is 0 Å². The van der Waals surface area contributed by atoms with Crippen molar-refractivity contribution in [1.82, 2.24) is 14.0 Å². The number of amides is 2. The molecule has 0 bridgehead atoms. The molecule has 4 N–H and O–H groups in total. The number of thioether (sulfide) groups is 1. The molecule has 326 valence electrons. The normalized spacial score (nSPS) is 16.6. The van der Waals surface area contributed by atoms with Crippen molar-refractivity contribution in [3.63, 3.8) is 0 Å². The molecule has 1 aromatic carbocycles. The molecule has 2 amide bonds. The molecule has 0 radical (unpaired) electrons. The Hall–Kier alpha value is -4.78. The number of rotatable bonds is 15. The van der Waals surface area contributed by atoms with Gasteiger partial charge in [-0.25, -0.2) is 8.42 Å². The van der Waals surface area contributed by atoms with E-state index in [1.54, 1.807) is 28.9 Å². The number of fused-ring (bicyclic) bond motifs is 1. The average molecular weight is 931 g/mol. The van der Waals surface area contributed by atoms with E-state index < -0.39 is 80.6 Å². The predicted octanol–water partition coefficient (Wildman–Crippen LogP) is 0.274. The number of aryl methyl sites for hydroxylation is 1. The Morgan fingerprint density at radius 2 is 1.37 bits per heavy atom.